The monoisotopic (exact) mass is 605 g/mol. The van der Waals surface area contributed by atoms with Crippen LogP contribution in [0.15, 0.2) is 70.1 Å². The van der Waals surface area contributed by atoms with Crippen LogP contribution in [0, 0.1) is 3.57 Å². The summed E-state index contributed by atoms with van der Waals surface area (Å²) >= 11 is 2.07. The Morgan fingerprint density at radius 2 is 1.79 bits per heavy atom. The van der Waals surface area contributed by atoms with E-state index >= 15 is 0 Å². The largest absolute Gasteiger partial charge is 0.497 e. The predicted molar refractivity (Wildman–Crippen MR) is 129 cm³/mol. The number of anilines is 1. The van der Waals surface area contributed by atoms with Gasteiger partial charge in [0, 0.05) is 10.1 Å². The van der Waals surface area contributed by atoms with E-state index in [4.69, 9.17) is 4.74 Å². The van der Waals surface area contributed by atoms with Crippen molar-refractivity contribution >= 4 is 54.8 Å². The Labute approximate surface area is 206 Å². The molecule has 3 rings (SSSR count). The zero-order chi connectivity index (χ0) is 24.2. The molecule has 0 saturated carbocycles. The van der Waals surface area contributed by atoms with Gasteiger partial charge >= 0.3 is 16.5 Å². The van der Waals surface area contributed by atoms with Crippen LogP contribution in [-0.2, 0) is 25.3 Å². The summed E-state index contributed by atoms with van der Waals surface area (Å²) in [6.45, 7) is -0.206. The third kappa shape index (κ3) is 5.72. The zero-order valence-corrected chi connectivity index (χ0v) is 21.1. The Hall–Kier alpha value is -2.49. The van der Waals surface area contributed by atoms with Crippen molar-refractivity contribution in [2.24, 2.45) is 4.47 Å². The summed E-state index contributed by atoms with van der Waals surface area (Å²) in [4.78, 5) is 12.3. The number of benzene rings is 2. The molecule has 2 aromatic rings. The second-order valence-corrected chi connectivity index (χ2v) is 10.7. The lowest BCUT2D eigenvalue weighted by molar-refractivity contribution is -0.142. The van der Waals surface area contributed by atoms with Crippen LogP contribution in [0.2, 0.25) is 0 Å². The van der Waals surface area contributed by atoms with E-state index in [0.29, 0.717) is 11.4 Å². The molecule has 1 aliphatic rings. The maximum atomic E-state index is 13.4. The van der Waals surface area contributed by atoms with E-state index in [1.807, 2.05) is 0 Å². The minimum Gasteiger partial charge on any atom is -0.497 e. The van der Waals surface area contributed by atoms with Gasteiger partial charge in [-0.2, -0.15) is 12.7 Å². The summed E-state index contributed by atoms with van der Waals surface area (Å²) in [5.41, 5.74) is 0.313. The van der Waals surface area contributed by atoms with Crippen LogP contribution >= 0.6 is 22.6 Å². The van der Waals surface area contributed by atoms with Crippen molar-refractivity contribution in [2.45, 2.75) is 23.4 Å². The average Bonchev–Trinajstić information content (AvgIpc) is 3.01. The lowest BCUT2D eigenvalue weighted by Gasteiger charge is -2.35. The summed E-state index contributed by atoms with van der Waals surface area (Å²) in [6.07, 6.45) is 3.21. The normalized spacial score (nSPS) is 18.8. The molecule has 0 bridgehead atoms. The first-order valence-electron chi connectivity index (χ1n) is 9.54. The molecule has 1 heterocycles. The van der Waals surface area contributed by atoms with Crippen molar-refractivity contribution < 1.29 is 31.5 Å². The number of carbonyl (C=O) groups is 1. The van der Waals surface area contributed by atoms with Crippen molar-refractivity contribution in [1.29, 1.82) is 0 Å². The smallest absolute Gasteiger partial charge is 0.333 e. The van der Waals surface area contributed by atoms with Crippen LogP contribution in [0.3, 0.4) is 0 Å². The number of rotatable bonds is 7. The summed E-state index contributed by atoms with van der Waals surface area (Å²) in [5, 5.41) is 11.1. The molecule has 10 nitrogen and oxygen atoms in total. The number of sulfonamides is 1. The maximum absolute atomic E-state index is 13.4. The van der Waals surface area contributed by atoms with Gasteiger partial charge in [-0.1, -0.05) is 16.6 Å². The van der Waals surface area contributed by atoms with E-state index in [1.54, 1.807) is 30.3 Å². The third-order valence-electron chi connectivity index (χ3n) is 4.98. The first-order chi connectivity index (χ1) is 15.6. The number of ether oxygens (including phenoxy) is 1. The number of carboxylic acid groups (broad SMARTS) is 1. The molecule has 0 fully saturated rings. The highest BCUT2D eigenvalue weighted by Gasteiger charge is 2.44. The first-order valence-corrected chi connectivity index (χ1v) is 13.1. The van der Waals surface area contributed by atoms with Gasteiger partial charge in [0.2, 0.25) is 10.0 Å². The highest BCUT2D eigenvalue weighted by atomic mass is 127. The molecule has 0 aliphatic carbocycles. The van der Waals surface area contributed by atoms with Crippen LogP contribution in [0.25, 0.3) is 0 Å². The molecule has 0 radical (unpaired) electrons. The molecule has 0 amide bonds. The summed E-state index contributed by atoms with van der Waals surface area (Å²) in [5.74, 6) is -0.984. The summed E-state index contributed by atoms with van der Waals surface area (Å²) in [6, 6.07) is 9.41. The molecule has 1 aliphatic heterocycles. The predicted octanol–water partition coefficient (Wildman–Crippen LogP) is 2.56. The van der Waals surface area contributed by atoms with Gasteiger partial charge in [-0.15, -0.1) is 0 Å². The van der Waals surface area contributed by atoms with Crippen molar-refractivity contribution in [1.82, 2.24) is 4.31 Å². The molecule has 2 aromatic carbocycles. The Bertz CT molecular complexity index is 1270. The Balaban J connectivity index is 2.13. The van der Waals surface area contributed by atoms with Gasteiger partial charge in [-0.25, -0.2) is 13.4 Å². The van der Waals surface area contributed by atoms with E-state index in [-0.39, 0.29) is 17.9 Å². The van der Waals surface area contributed by atoms with E-state index in [2.05, 4.69) is 27.1 Å². The number of aliphatic carboxylic acids is 1. The fraction of sp³-hybridized carbons (Fsp3) is 0.250. The standard InChI is InChI=1S/C20H20IN3O7S2/c1-31-16-9-11-17(12-10-16)33(29,30)23-13-3-2-4-18(19(23)20(25)26)24(22-32(27)28)15-7-5-14(21)6-8-15/h2-3,5-12,18-19H,4,13H2,1H3,(H,25,26). The molecule has 1 N–H and O–H groups in total. The number of hydrogen-bond donors (Lipinski definition) is 1. The third-order valence-corrected chi connectivity index (χ3v) is 7.87. The molecule has 0 saturated heterocycles. The molecule has 0 spiro atoms. The molecule has 0 aromatic heterocycles. The SMILES string of the molecule is COc1ccc(S(=O)(=O)N2CC=CCC(N(N=S(=O)=O)c3ccc(I)cc3)C2C(=O)O)cc1. The summed E-state index contributed by atoms with van der Waals surface area (Å²) in [7, 11) is -5.73. The van der Waals surface area contributed by atoms with Crippen LogP contribution < -0.4 is 9.75 Å². The fourth-order valence-electron chi connectivity index (χ4n) is 3.47. The van der Waals surface area contributed by atoms with Crippen LogP contribution in [0.4, 0.5) is 5.69 Å². The lowest BCUT2D eigenvalue weighted by Crippen LogP contribution is -2.55. The second kappa shape index (κ2) is 10.6. The molecular formula is C20H20IN3O7S2. The molecule has 176 valence electrons. The van der Waals surface area contributed by atoms with E-state index in [1.165, 1.54) is 37.5 Å². The Morgan fingerprint density at radius 3 is 2.33 bits per heavy atom. The number of carboxylic acids is 1. The van der Waals surface area contributed by atoms with Gasteiger partial charge in [0.15, 0.2) is 0 Å². The Kier molecular flexibility index (Phi) is 8.10. The first kappa shape index (κ1) is 25.1. The minimum absolute atomic E-state index is 0.0539. The highest BCUT2D eigenvalue weighted by molar-refractivity contribution is 14.1. The molecular weight excluding hydrogens is 585 g/mol. The molecule has 2 atom stereocenters. The molecule has 13 heteroatoms. The van der Waals surface area contributed by atoms with E-state index in [9.17, 15) is 26.7 Å². The molecule has 33 heavy (non-hydrogen) atoms. The van der Waals surface area contributed by atoms with Gasteiger partial charge in [-0.05, 0) is 77.5 Å². The average molecular weight is 605 g/mol. The topological polar surface area (TPSA) is 134 Å². The lowest BCUT2D eigenvalue weighted by atomic mass is 10.0. The fourth-order valence-corrected chi connectivity index (χ4v) is 5.75. The zero-order valence-electron chi connectivity index (χ0n) is 17.3. The van der Waals surface area contributed by atoms with E-state index < -0.39 is 38.6 Å². The van der Waals surface area contributed by atoms with Gasteiger partial charge < -0.3 is 9.84 Å². The van der Waals surface area contributed by atoms with Crippen molar-refractivity contribution in [3.63, 3.8) is 0 Å². The van der Waals surface area contributed by atoms with Crippen LogP contribution in [-0.4, -0.2) is 58.0 Å². The minimum atomic E-state index is -4.27. The van der Waals surface area contributed by atoms with Gasteiger partial charge in [0.05, 0.1) is 23.7 Å². The van der Waals surface area contributed by atoms with Crippen LogP contribution in [0.1, 0.15) is 6.42 Å². The van der Waals surface area contributed by atoms with Crippen LogP contribution in [0.5, 0.6) is 5.75 Å². The molecule has 2 unspecified atom stereocenters. The van der Waals surface area contributed by atoms with Crippen molar-refractivity contribution in [2.75, 3.05) is 18.7 Å². The summed E-state index contributed by atoms with van der Waals surface area (Å²) < 4.78 is 60.2. The number of halogens is 1. The van der Waals surface area contributed by atoms with Gasteiger partial charge in [0.1, 0.15) is 11.8 Å². The number of hydrogen-bond acceptors (Lipinski definition) is 7. The van der Waals surface area contributed by atoms with Gasteiger partial charge in [-0.3, -0.25) is 4.79 Å². The maximum Gasteiger partial charge on any atom is 0.333 e. The van der Waals surface area contributed by atoms with Crippen molar-refractivity contribution in [3.8, 4) is 5.75 Å². The van der Waals surface area contributed by atoms with E-state index in [0.717, 1.165) is 12.9 Å². The van der Waals surface area contributed by atoms with Crippen molar-refractivity contribution in [3.05, 3.63) is 64.3 Å². The number of methoxy groups -OCH3 is 1. The second-order valence-electron chi connectivity index (χ2n) is 6.93. The highest BCUT2D eigenvalue weighted by Crippen LogP contribution is 2.30. The van der Waals surface area contributed by atoms with Gasteiger partial charge in [0.25, 0.3) is 0 Å². The quantitative estimate of drug-likeness (QED) is 0.289. The Morgan fingerprint density at radius 1 is 1.15 bits per heavy atom. The number of nitrogens with zero attached hydrogens (tertiary/aromatic N) is 3.